The van der Waals surface area contributed by atoms with Crippen molar-refractivity contribution in [3.05, 3.63) is 58.3 Å². The number of nitrogens with zero attached hydrogens (tertiary/aromatic N) is 1. The molecule has 0 saturated heterocycles. The first-order chi connectivity index (χ1) is 11.3. The van der Waals surface area contributed by atoms with E-state index in [1.807, 2.05) is 0 Å². The first-order valence-electron chi connectivity index (χ1n) is 7.30. The second-order valence-electron chi connectivity index (χ2n) is 5.76. The number of carbonyl (C=O) groups is 1. The maximum atomic E-state index is 13.4. The number of nitrogens with two attached hydrogens (primary N) is 1. The Bertz CT molecular complexity index is 859. The fourth-order valence-corrected chi connectivity index (χ4v) is 2.55. The summed E-state index contributed by atoms with van der Waals surface area (Å²) in [5.74, 6) is -1.40. The quantitative estimate of drug-likeness (QED) is 0.483. The normalized spacial score (nSPS) is 15.3. The monoisotopic (exact) mass is 333 g/mol. The molecule has 1 aliphatic carbocycles. The van der Waals surface area contributed by atoms with Gasteiger partial charge in [0.05, 0.1) is 11.2 Å². The zero-order chi connectivity index (χ0) is 17.5. The Morgan fingerprint density at radius 2 is 2.04 bits per heavy atom. The average Bonchev–Trinajstić information content (AvgIpc) is 3.33. The van der Waals surface area contributed by atoms with Gasteiger partial charge in [0.1, 0.15) is 11.5 Å². The summed E-state index contributed by atoms with van der Waals surface area (Å²) in [6.45, 7) is 0. The lowest BCUT2D eigenvalue weighted by molar-refractivity contribution is -0.0901. The molecule has 3 rings (SSSR count). The average molecular weight is 333 g/mol. The second kappa shape index (κ2) is 5.73. The van der Waals surface area contributed by atoms with Gasteiger partial charge in [0.2, 0.25) is 0 Å². The molecule has 7 nitrogen and oxygen atoms in total. The van der Waals surface area contributed by atoms with Crippen LogP contribution >= 0.6 is 0 Å². The number of anilines is 2. The molecule has 126 valence electrons. The predicted octanol–water partition coefficient (Wildman–Crippen LogP) is 0.622. The number of hydrogen-bond donors (Lipinski definition) is 4. The van der Waals surface area contributed by atoms with E-state index in [2.05, 4.69) is 5.32 Å². The van der Waals surface area contributed by atoms with Gasteiger partial charge in [-0.25, -0.2) is 4.39 Å². The first kappa shape index (κ1) is 16.2. The van der Waals surface area contributed by atoms with Gasteiger partial charge in [0.15, 0.2) is 6.29 Å². The number of nitrogen functional groups attached to an aromatic ring is 1. The summed E-state index contributed by atoms with van der Waals surface area (Å²) in [7, 11) is 0. The summed E-state index contributed by atoms with van der Waals surface area (Å²) in [6, 6.07) is 6.49. The molecule has 1 aromatic heterocycles. The molecule has 1 amide bonds. The minimum absolute atomic E-state index is 0.0137. The second-order valence-corrected chi connectivity index (χ2v) is 5.76. The van der Waals surface area contributed by atoms with Crippen molar-refractivity contribution in [3.8, 4) is 0 Å². The van der Waals surface area contributed by atoms with Crippen molar-refractivity contribution in [1.82, 2.24) is 4.57 Å². The largest absolute Gasteiger partial charge is 0.396 e. The predicted molar refractivity (Wildman–Crippen MR) is 84.9 cm³/mol. The smallest absolute Gasteiger partial charge is 0.275 e. The van der Waals surface area contributed by atoms with Crippen molar-refractivity contribution in [1.29, 1.82) is 0 Å². The summed E-state index contributed by atoms with van der Waals surface area (Å²) in [5, 5.41) is 21.4. The van der Waals surface area contributed by atoms with Crippen molar-refractivity contribution in [2.45, 2.75) is 24.7 Å². The standard InChI is InChI=1S/C16H16FN3O4/c17-10-8-9(3-4-11(10)18)13(21)19-12-2-1-7-20(14(12)22)16(5-6-16)15(23)24/h1-4,7-8,15,23-24H,5-6,18H2,(H,19,21). The highest BCUT2D eigenvalue weighted by Crippen LogP contribution is 2.44. The Balaban J connectivity index is 1.90. The molecule has 0 radical (unpaired) electrons. The van der Waals surface area contributed by atoms with Gasteiger partial charge >= 0.3 is 0 Å². The van der Waals surface area contributed by atoms with Gasteiger partial charge in [-0.3, -0.25) is 9.59 Å². The van der Waals surface area contributed by atoms with Gasteiger partial charge in [-0.05, 0) is 43.2 Å². The van der Waals surface area contributed by atoms with Crippen molar-refractivity contribution >= 4 is 17.3 Å². The van der Waals surface area contributed by atoms with E-state index in [1.165, 1.54) is 35.0 Å². The number of carbonyl (C=O) groups excluding carboxylic acids is 1. The molecule has 1 fully saturated rings. The molecular weight excluding hydrogens is 317 g/mol. The molecule has 1 saturated carbocycles. The molecule has 1 heterocycles. The number of aliphatic hydroxyl groups is 2. The SMILES string of the molecule is Nc1ccc(C(=O)Nc2cccn(C3(C(O)O)CC3)c2=O)cc1F. The number of rotatable bonds is 4. The van der Waals surface area contributed by atoms with Crippen LogP contribution in [-0.4, -0.2) is 27.0 Å². The highest BCUT2D eigenvalue weighted by molar-refractivity contribution is 6.04. The number of aliphatic hydroxyl groups excluding tert-OH is 1. The van der Waals surface area contributed by atoms with E-state index in [9.17, 15) is 24.2 Å². The highest BCUT2D eigenvalue weighted by Gasteiger charge is 2.51. The number of aromatic nitrogens is 1. The van der Waals surface area contributed by atoms with E-state index < -0.39 is 29.1 Å². The molecule has 1 aromatic carbocycles. The topological polar surface area (TPSA) is 118 Å². The number of pyridine rings is 1. The molecule has 0 atom stereocenters. The molecule has 0 spiro atoms. The summed E-state index contributed by atoms with van der Waals surface area (Å²) in [4.78, 5) is 24.7. The Labute approximate surface area is 136 Å². The third kappa shape index (κ3) is 2.66. The zero-order valence-electron chi connectivity index (χ0n) is 12.6. The van der Waals surface area contributed by atoms with Gasteiger partial charge < -0.3 is 25.8 Å². The van der Waals surface area contributed by atoms with Crippen molar-refractivity contribution in [2.75, 3.05) is 11.1 Å². The number of nitrogens with one attached hydrogen (secondary N) is 1. The van der Waals surface area contributed by atoms with Crippen LogP contribution in [-0.2, 0) is 5.54 Å². The lowest BCUT2D eigenvalue weighted by atomic mass is 10.2. The summed E-state index contributed by atoms with van der Waals surface area (Å²) >= 11 is 0. The Morgan fingerprint density at radius 1 is 1.33 bits per heavy atom. The molecule has 24 heavy (non-hydrogen) atoms. The van der Waals surface area contributed by atoms with Crippen LogP contribution in [0.1, 0.15) is 23.2 Å². The van der Waals surface area contributed by atoms with E-state index >= 15 is 0 Å². The zero-order valence-corrected chi connectivity index (χ0v) is 12.6. The Kier molecular flexibility index (Phi) is 3.86. The van der Waals surface area contributed by atoms with Crippen LogP contribution < -0.4 is 16.6 Å². The van der Waals surface area contributed by atoms with Crippen molar-refractivity contribution < 1.29 is 19.4 Å². The minimum atomic E-state index is -1.67. The number of benzene rings is 1. The van der Waals surface area contributed by atoms with Crippen LogP contribution in [0, 0.1) is 5.82 Å². The molecule has 1 aliphatic rings. The molecule has 2 aromatic rings. The van der Waals surface area contributed by atoms with Gasteiger partial charge in [-0.1, -0.05) is 0 Å². The summed E-state index contributed by atoms with van der Waals surface area (Å²) in [6.07, 6.45) is 0.663. The van der Waals surface area contributed by atoms with Crippen LogP contribution in [0.3, 0.4) is 0 Å². The van der Waals surface area contributed by atoms with Crippen LogP contribution in [0.2, 0.25) is 0 Å². The van der Waals surface area contributed by atoms with Gasteiger partial charge in [-0.2, -0.15) is 0 Å². The van der Waals surface area contributed by atoms with Crippen LogP contribution in [0.15, 0.2) is 41.3 Å². The fourth-order valence-electron chi connectivity index (χ4n) is 2.55. The molecule has 0 unspecified atom stereocenters. The Morgan fingerprint density at radius 3 is 2.62 bits per heavy atom. The maximum absolute atomic E-state index is 13.4. The molecule has 0 aliphatic heterocycles. The van der Waals surface area contributed by atoms with E-state index in [-0.39, 0.29) is 16.9 Å². The first-order valence-corrected chi connectivity index (χ1v) is 7.30. The van der Waals surface area contributed by atoms with E-state index in [1.54, 1.807) is 0 Å². The van der Waals surface area contributed by atoms with Gasteiger partial charge in [0.25, 0.3) is 11.5 Å². The number of halogens is 1. The van der Waals surface area contributed by atoms with E-state index in [4.69, 9.17) is 5.73 Å². The van der Waals surface area contributed by atoms with Gasteiger partial charge in [0, 0.05) is 11.8 Å². The molecule has 5 N–H and O–H groups in total. The van der Waals surface area contributed by atoms with Crippen molar-refractivity contribution in [2.24, 2.45) is 0 Å². The van der Waals surface area contributed by atoms with E-state index in [0.717, 1.165) is 6.07 Å². The number of hydrogen-bond acceptors (Lipinski definition) is 5. The minimum Gasteiger partial charge on any atom is -0.396 e. The molecule has 8 heteroatoms. The van der Waals surface area contributed by atoms with E-state index in [0.29, 0.717) is 12.8 Å². The van der Waals surface area contributed by atoms with Crippen LogP contribution in [0.25, 0.3) is 0 Å². The maximum Gasteiger partial charge on any atom is 0.275 e. The van der Waals surface area contributed by atoms with Crippen LogP contribution in [0.4, 0.5) is 15.8 Å². The molecular formula is C16H16FN3O4. The third-order valence-corrected chi connectivity index (χ3v) is 4.18. The van der Waals surface area contributed by atoms with Crippen molar-refractivity contribution in [3.63, 3.8) is 0 Å². The number of amides is 1. The van der Waals surface area contributed by atoms with Crippen LogP contribution in [0.5, 0.6) is 0 Å². The Hall–Kier alpha value is -2.71. The third-order valence-electron chi connectivity index (χ3n) is 4.18. The molecule has 0 bridgehead atoms. The lowest BCUT2D eigenvalue weighted by Gasteiger charge is -2.21. The van der Waals surface area contributed by atoms with Gasteiger partial charge in [-0.15, -0.1) is 0 Å². The summed E-state index contributed by atoms with van der Waals surface area (Å²) < 4.78 is 14.7. The highest BCUT2D eigenvalue weighted by atomic mass is 19.1. The fraction of sp³-hybridized carbons (Fsp3) is 0.250. The summed E-state index contributed by atoms with van der Waals surface area (Å²) in [5.41, 5.74) is 3.64. The lowest BCUT2D eigenvalue weighted by Crippen LogP contribution is -2.39.